The average Bonchev–Trinajstić information content (AvgIpc) is 3.53. The van der Waals surface area contributed by atoms with Gasteiger partial charge in [0.2, 0.25) is 5.91 Å². The summed E-state index contributed by atoms with van der Waals surface area (Å²) in [5.74, 6) is -1.10. The number of benzene rings is 2. The van der Waals surface area contributed by atoms with E-state index < -0.39 is 24.1 Å². The minimum Gasteiger partial charge on any atom is -0.480 e. The molecule has 0 aromatic heterocycles. The molecule has 3 aliphatic rings. The molecule has 2 amide bonds. The van der Waals surface area contributed by atoms with Crippen LogP contribution in [0.25, 0.3) is 11.1 Å². The maximum absolute atomic E-state index is 13.4. The highest BCUT2D eigenvalue weighted by Crippen LogP contribution is 2.45. The summed E-state index contributed by atoms with van der Waals surface area (Å²) in [7, 11) is 0. The number of rotatable bonds is 7. The molecule has 2 aromatic carbocycles. The van der Waals surface area contributed by atoms with Crippen LogP contribution >= 0.6 is 0 Å². The van der Waals surface area contributed by atoms with Gasteiger partial charge < -0.3 is 20.1 Å². The highest BCUT2D eigenvalue weighted by atomic mass is 16.5. The van der Waals surface area contributed by atoms with Crippen LogP contribution < -0.4 is 5.32 Å². The summed E-state index contributed by atoms with van der Waals surface area (Å²) in [5.41, 5.74) is 4.54. The zero-order valence-electron chi connectivity index (χ0n) is 20.0. The molecule has 2 fully saturated rings. The van der Waals surface area contributed by atoms with E-state index in [0.29, 0.717) is 19.4 Å². The number of carboxylic acid groups (broad SMARTS) is 1. The largest absolute Gasteiger partial charge is 0.480 e. The molecule has 5 rings (SSSR count). The third-order valence-electron chi connectivity index (χ3n) is 7.94. The first-order valence-electron chi connectivity index (χ1n) is 12.6. The van der Waals surface area contributed by atoms with Gasteiger partial charge in [0.15, 0.2) is 0 Å². The summed E-state index contributed by atoms with van der Waals surface area (Å²) in [6, 6.07) is 14.6. The Hall–Kier alpha value is -3.35. The molecule has 0 spiro atoms. The van der Waals surface area contributed by atoms with Gasteiger partial charge in [0, 0.05) is 12.5 Å². The van der Waals surface area contributed by atoms with Crippen LogP contribution in [-0.2, 0) is 14.3 Å². The Bertz CT molecular complexity index is 1090. The van der Waals surface area contributed by atoms with Crippen molar-refractivity contribution < 1.29 is 24.2 Å². The van der Waals surface area contributed by atoms with Crippen LogP contribution in [0.1, 0.15) is 56.1 Å². The molecule has 2 aliphatic carbocycles. The number of hydrogen-bond donors (Lipinski definition) is 2. The molecule has 0 radical (unpaired) electrons. The number of fused-ring (bicyclic) bond motifs is 4. The number of aliphatic carboxylic acids is 1. The van der Waals surface area contributed by atoms with Crippen molar-refractivity contribution in [2.45, 2.75) is 57.0 Å². The lowest BCUT2D eigenvalue weighted by molar-refractivity contribution is -0.150. The number of amides is 2. The SMILES string of the molecule is CCC[C@H](NC(=O)OCC1c2ccccc2-c2ccccc21)C(=O)N1CC2CCCC2C1C(=O)O. The third kappa shape index (κ3) is 4.28. The van der Waals surface area contributed by atoms with E-state index in [1.165, 1.54) is 4.90 Å². The van der Waals surface area contributed by atoms with Crippen molar-refractivity contribution in [2.75, 3.05) is 13.2 Å². The van der Waals surface area contributed by atoms with E-state index in [0.717, 1.165) is 41.5 Å². The van der Waals surface area contributed by atoms with E-state index in [4.69, 9.17) is 4.74 Å². The summed E-state index contributed by atoms with van der Waals surface area (Å²) in [5, 5.41) is 12.6. The zero-order valence-corrected chi connectivity index (χ0v) is 20.0. The molecule has 4 atom stereocenters. The van der Waals surface area contributed by atoms with Crippen LogP contribution in [0.3, 0.4) is 0 Å². The Kier molecular flexibility index (Phi) is 6.50. The van der Waals surface area contributed by atoms with Gasteiger partial charge in [0.25, 0.3) is 0 Å². The van der Waals surface area contributed by atoms with Gasteiger partial charge in [-0.25, -0.2) is 9.59 Å². The number of hydrogen-bond acceptors (Lipinski definition) is 4. The van der Waals surface area contributed by atoms with E-state index in [-0.39, 0.29) is 30.3 Å². The number of alkyl carbamates (subject to hydrolysis) is 1. The molecular weight excluding hydrogens is 444 g/mol. The minimum atomic E-state index is -0.955. The fourth-order valence-electron chi connectivity index (χ4n) is 6.38. The van der Waals surface area contributed by atoms with Crippen molar-refractivity contribution >= 4 is 18.0 Å². The van der Waals surface area contributed by atoms with Gasteiger partial charge in [-0.2, -0.15) is 0 Å². The first-order valence-corrected chi connectivity index (χ1v) is 12.6. The van der Waals surface area contributed by atoms with E-state index in [2.05, 4.69) is 29.6 Å². The fraction of sp³-hybridized carbons (Fsp3) is 0.464. The highest BCUT2D eigenvalue weighted by Gasteiger charge is 2.50. The molecule has 7 heteroatoms. The Labute approximate surface area is 205 Å². The van der Waals surface area contributed by atoms with Crippen LogP contribution in [0.4, 0.5) is 4.79 Å². The van der Waals surface area contributed by atoms with Gasteiger partial charge >= 0.3 is 12.1 Å². The number of nitrogens with zero attached hydrogens (tertiary/aromatic N) is 1. The smallest absolute Gasteiger partial charge is 0.407 e. The number of carboxylic acids is 1. The van der Waals surface area contributed by atoms with E-state index in [1.807, 2.05) is 31.2 Å². The molecule has 35 heavy (non-hydrogen) atoms. The predicted octanol–water partition coefficient (Wildman–Crippen LogP) is 4.41. The van der Waals surface area contributed by atoms with Crippen molar-refractivity contribution in [3.05, 3.63) is 59.7 Å². The summed E-state index contributed by atoms with van der Waals surface area (Å²) >= 11 is 0. The fourth-order valence-corrected chi connectivity index (χ4v) is 6.38. The number of ether oxygens (including phenoxy) is 1. The quantitative estimate of drug-likeness (QED) is 0.617. The van der Waals surface area contributed by atoms with Crippen LogP contribution in [-0.4, -0.2) is 53.2 Å². The lowest BCUT2D eigenvalue weighted by Crippen LogP contribution is -2.52. The average molecular weight is 477 g/mol. The van der Waals surface area contributed by atoms with E-state index in [1.54, 1.807) is 0 Å². The molecule has 2 aromatic rings. The molecule has 1 saturated carbocycles. The maximum Gasteiger partial charge on any atom is 0.407 e. The topological polar surface area (TPSA) is 95.9 Å². The lowest BCUT2D eigenvalue weighted by atomic mass is 9.94. The Balaban J connectivity index is 1.26. The second kappa shape index (κ2) is 9.72. The lowest BCUT2D eigenvalue weighted by Gasteiger charge is -2.29. The maximum atomic E-state index is 13.4. The first kappa shape index (κ1) is 23.4. The summed E-state index contributed by atoms with van der Waals surface area (Å²) in [6.45, 7) is 2.55. The Morgan fingerprint density at radius 2 is 1.71 bits per heavy atom. The summed E-state index contributed by atoms with van der Waals surface area (Å²) in [4.78, 5) is 39.7. The van der Waals surface area contributed by atoms with E-state index >= 15 is 0 Å². The molecule has 1 heterocycles. The Morgan fingerprint density at radius 1 is 1.06 bits per heavy atom. The minimum absolute atomic E-state index is 0.00758. The molecule has 7 nitrogen and oxygen atoms in total. The normalized spacial score (nSPS) is 23.3. The van der Waals surface area contributed by atoms with E-state index in [9.17, 15) is 19.5 Å². The van der Waals surface area contributed by atoms with Crippen molar-refractivity contribution in [2.24, 2.45) is 11.8 Å². The van der Waals surface area contributed by atoms with Gasteiger partial charge in [0.1, 0.15) is 18.7 Å². The number of carbonyl (C=O) groups excluding carboxylic acids is 2. The molecular formula is C28H32N2O5. The van der Waals surface area contributed by atoms with Crippen molar-refractivity contribution in [1.82, 2.24) is 10.2 Å². The molecule has 2 N–H and O–H groups in total. The number of likely N-dealkylation sites (tertiary alicyclic amines) is 1. The van der Waals surface area contributed by atoms with Crippen LogP contribution in [0, 0.1) is 11.8 Å². The van der Waals surface area contributed by atoms with Crippen LogP contribution in [0.5, 0.6) is 0 Å². The van der Waals surface area contributed by atoms with Gasteiger partial charge in [-0.15, -0.1) is 0 Å². The van der Waals surface area contributed by atoms with Crippen molar-refractivity contribution in [3.63, 3.8) is 0 Å². The van der Waals surface area contributed by atoms with Gasteiger partial charge in [-0.3, -0.25) is 4.79 Å². The molecule has 0 bridgehead atoms. The van der Waals surface area contributed by atoms with Crippen LogP contribution in [0.15, 0.2) is 48.5 Å². The van der Waals surface area contributed by atoms with Crippen molar-refractivity contribution in [3.8, 4) is 11.1 Å². The number of carbonyl (C=O) groups is 3. The predicted molar refractivity (Wildman–Crippen MR) is 131 cm³/mol. The third-order valence-corrected chi connectivity index (χ3v) is 7.94. The molecule has 1 aliphatic heterocycles. The zero-order chi connectivity index (χ0) is 24.5. The van der Waals surface area contributed by atoms with Gasteiger partial charge in [-0.05, 0) is 53.4 Å². The standard InChI is InChI=1S/C28H32N2O5/c1-2-8-24(26(31)30-15-17-9-7-14-18(17)25(30)27(32)33)29-28(34)35-16-23-21-12-5-3-10-19(21)20-11-4-6-13-22(20)23/h3-6,10-13,17-18,23-25H,2,7-9,14-16H2,1H3,(H,29,34)(H,32,33)/t17?,18?,24-,25?/m0/s1. The van der Waals surface area contributed by atoms with Gasteiger partial charge in [-0.1, -0.05) is 68.3 Å². The molecule has 1 saturated heterocycles. The summed E-state index contributed by atoms with van der Waals surface area (Å²) < 4.78 is 5.64. The van der Waals surface area contributed by atoms with Crippen molar-refractivity contribution in [1.29, 1.82) is 0 Å². The monoisotopic (exact) mass is 476 g/mol. The Morgan fingerprint density at radius 3 is 2.34 bits per heavy atom. The second-order valence-corrected chi connectivity index (χ2v) is 9.94. The number of nitrogens with one attached hydrogen (secondary N) is 1. The summed E-state index contributed by atoms with van der Waals surface area (Å²) in [6.07, 6.45) is 3.27. The molecule has 184 valence electrons. The van der Waals surface area contributed by atoms with Gasteiger partial charge in [0.05, 0.1) is 0 Å². The molecule has 3 unspecified atom stereocenters. The second-order valence-electron chi connectivity index (χ2n) is 9.94. The van der Waals surface area contributed by atoms with Crippen LogP contribution in [0.2, 0.25) is 0 Å². The first-order chi connectivity index (χ1) is 17.0. The highest BCUT2D eigenvalue weighted by molar-refractivity contribution is 5.90.